The molecule has 9 heteroatoms. The van der Waals surface area contributed by atoms with Gasteiger partial charge in [-0.15, -0.1) is 0 Å². The fourth-order valence-corrected chi connectivity index (χ4v) is 3.56. The molecule has 2 aromatic rings. The minimum absolute atomic E-state index is 0.0122. The highest BCUT2D eigenvalue weighted by Crippen LogP contribution is 2.23. The van der Waals surface area contributed by atoms with Crippen molar-refractivity contribution < 1.29 is 28.3 Å². The molecule has 0 saturated carbocycles. The van der Waals surface area contributed by atoms with Gasteiger partial charge < -0.3 is 14.5 Å². The summed E-state index contributed by atoms with van der Waals surface area (Å²) in [7, 11) is 0. The third kappa shape index (κ3) is 4.53. The third-order valence-corrected chi connectivity index (χ3v) is 5.16. The Morgan fingerprint density at radius 3 is 2.86 bits per heavy atom. The molecule has 1 saturated heterocycles. The number of thioether (sulfide) groups is 1. The zero-order chi connectivity index (χ0) is 20.3. The summed E-state index contributed by atoms with van der Waals surface area (Å²) < 4.78 is 10.6. The SMILES string of the molecule is Cc1ccc2c(CC(=O)O[C@H](C)C(=O)NCCN3C(=O)CSC3=O)coc2c1. The Morgan fingerprint density at radius 2 is 2.14 bits per heavy atom. The summed E-state index contributed by atoms with van der Waals surface area (Å²) in [6.45, 7) is 3.61. The van der Waals surface area contributed by atoms with Gasteiger partial charge in [-0.2, -0.15) is 0 Å². The molecule has 1 N–H and O–H groups in total. The van der Waals surface area contributed by atoms with Gasteiger partial charge in [-0.3, -0.25) is 24.1 Å². The van der Waals surface area contributed by atoms with E-state index in [-0.39, 0.29) is 36.4 Å². The van der Waals surface area contributed by atoms with Gasteiger partial charge in [0.1, 0.15) is 5.58 Å². The molecule has 0 radical (unpaired) electrons. The molecular formula is C19H20N2O6S. The Morgan fingerprint density at radius 1 is 1.36 bits per heavy atom. The third-order valence-electron chi connectivity index (χ3n) is 4.30. The number of nitrogens with zero attached hydrogens (tertiary/aromatic N) is 1. The maximum atomic E-state index is 12.2. The molecule has 28 heavy (non-hydrogen) atoms. The van der Waals surface area contributed by atoms with Crippen molar-refractivity contribution in [1.82, 2.24) is 10.2 Å². The van der Waals surface area contributed by atoms with Gasteiger partial charge >= 0.3 is 5.97 Å². The van der Waals surface area contributed by atoms with Gasteiger partial charge in [-0.1, -0.05) is 23.9 Å². The molecule has 0 bridgehead atoms. The lowest BCUT2D eigenvalue weighted by molar-refractivity contribution is -0.154. The van der Waals surface area contributed by atoms with Gasteiger partial charge in [-0.25, -0.2) is 0 Å². The maximum Gasteiger partial charge on any atom is 0.311 e. The first-order chi connectivity index (χ1) is 13.3. The lowest BCUT2D eigenvalue weighted by Crippen LogP contribution is -2.41. The number of benzene rings is 1. The molecule has 148 valence electrons. The first-order valence-corrected chi connectivity index (χ1v) is 9.74. The lowest BCUT2D eigenvalue weighted by atomic mass is 10.1. The van der Waals surface area contributed by atoms with Crippen LogP contribution in [-0.4, -0.2) is 52.9 Å². The molecule has 3 amide bonds. The van der Waals surface area contributed by atoms with E-state index < -0.39 is 18.0 Å². The molecule has 1 aliphatic heterocycles. The Hall–Kier alpha value is -2.81. The van der Waals surface area contributed by atoms with E-state index in [2.05, 4.69) is 5.32 Å². The average Bonchev–Trinajstić information content (AvgIpc) is 3.18. The van der Waals surface area contributed by atoms with E-state index in [1.807, 2.05) is 25.1 Å². The zero-order valence-corrected chi connectivity index (χ0v) is 16.3. The van der Waals surface area contributed by atoms with Gasteiger partial charge in [0.05, 0.1) is 18.4 Å². The number of hydrogen-bond acceptors (Lipinski definition) is 7. The van der Waals surface area contributed by atoms with E-state index in [4.69, 9.17) is 9.15 Å². The van der Waals surface area contributed by atoms with Crippen molar-refractivity contribution in [3.05, 3.63) is 35.6 Å². The largest absolute Gasteiger partial charge is 0.464 e. The van der Waals surface area contributed by atoms with E-state index in [0.29, 0.717) is 11.1 Å². The first kappa shape index (κ1) is 19.9. The van der Waals surface area contributed by atoms with Gasteiger partial charge in [0.25, 0.3) is 11.1 Å². The van der Waals surface area contributed by atoms with Crippen molar-refractivity contribution in [2.24, 2.45) is 0 Å². The molecule has 0 spiro atoms. The number of carbonyl (C=O) groups is 4. The lowest BCUT2D eigenvalue weighted by Gasteiger charge is -2.16. The number of rotatable bonds is 7. The second-order valence-corrected chi connectivity index (χ2v) is 7.39. The molecule has 1 aliphatic rings. The van der Waals surface area contributed by atoms with Crippen molar-refractivity contribution in [3.63, 3.8) is 0 Å². The molecule has 1 aromatic heterocycles. The minimum atomic E-state index is -0.993. The number of nitrogens with one attached hydrogen (secondary N) is 1. The number of carbonyl (C=O) groups excluding carboxylic acids is 4. The number of furan rings is 1. The molecule has 1 fully saturated rings. The van der Waals surface area contributed by atoms with Crippen LogP contribution in [0.3, 0.4) is 0 Å². The fraction of sp³-hybridized carbons (Fsp3) is 0.368. The summed E-state index contributed by atoms with van der Waals surface area (Å²) in [4.78, 5) is 48.3. The van der Waals surface area contributed by atoms with Crippen molar-refractivity contribution in [1.29, 1.82) is 0 Å². The highest BCUT2D eigenvalue weighted by molar-refractivity contribution is 8.14. The first-order valence-electron chi connectivity index (χ1n) is 8.76. The van der Waals surface area contributed by atoms with Crippen molar-refractivity contribution in [2.75, 3.05) is 18.8 Å². The average molecular weight is 404 g/mol. The molecule has 1 atom stereocenters. The van der Waals surface area contributed by atoms with E-state index in [9.17, 15) is 19.2 Å². The molecule has 2 heterocycles. The van der Waals surface area contributed by atoms with Crippen LogP contribution in [0.15, 0.2) is 28.9 Å². The molecular weight excluding hydrogens is 384 g/mol. The summed E-state index contributed by atoms with van der Waals surface area (Å²) in [5, 5.41) is 3.07. The predicted molar refractivity (Wildman–Crippen MR) is 103 cm³/mol. The van der Waals surface area contributed by atoms with Crippen LogP contribution in [0.1, 0.15) is 18.1 Å². The van der Waals surface area contributed by atoms with Crippen LogP contribution in [0, 0.1) is 6.92 Å². The Bertz CT molecular complexity index is 922. The fourth-order valence-electron chi connectivity index (χ4n) is 2.81. The van der Waals surface area contributed by atoms with E-state index in [1.165, 1.54) is 13.2 Å². The second-order valence-electron chi connectivity index (χ2n) is 6.46. The summed E-state index contributed by atoms with van der Waals surface area (Å²) in [5.74, 6) is -1.19. The Kier molecular flexibility index (Phi) is 6.03. The molecule has 0 unspecified atom stereocenters. The zero-order valence-electron chi connectivity index (χ0n) is 15.5. The number of hydrogen-bond donors (Lipinski definition) is 1. The van der Waals surface area contributed by atoms with Gasteiger partial charge in [0.15, 0.2) is 6.10 Å². The summed E-state index contributed by atoms with van der Waals surface area (Å²) in [5.41, 5.74) is 2.44. The monoisotopic (exact) mass is 404 g/mol. The number of amides is 3. The van der Waals surface area contributed by atoms with E-state index >= 15 is 0 Å². The molecule has 3 rings (SSSR count). The molecule has 0 aliphatic carbocycles. The van der Waals surface area contributed by atoms with Crippen molar-refractivity contribution >= 4 is 45.8 Å². The minimum Gasteiger partial charge on any atom is -0.464 e. The topological polar surface area (TPSA) is 106 Å². The van der Waals surface area contributed by atoms with Gasteiger partial charge in [-0.05, 0) is 25.5 Å². The molecule has 1 aromatic carbocycles. The summed E-state index contributed by atoms with van der Waals surface area (Å²) in [6, 6.07) is 5.69. The summed E-state index contributed by atoms with van der Waals surface area (Å²) >= 11 is 0.938. The smallest absolute Gasteiger partial charge is 0.311 e. The van der Waals surface area contributed by atoms with Gasteiger partial charge in [0, 0.05) is 24.0 Å². The second kappa shape index (κ2) is 8.47. The normalized spacial score (nSPS) is 15.1. The van der Waals surface area contributed by atoms with Crippen molar-refractivity contribution in [3.8, 4) is 0 Å². The van der Waals surface area contributed by atoms with Crippen molar-refractivity contribution in [2.45, 2.75) is 26.4 Å². The summed E-state index contributed by atoms with van der Waals surface area (Å²) in [6.07, 6.45) is 0.507. The number of ether oxygens (including phenoxy) is 1. The Labute approximate surface area is 165 Å². The predicted octanol–water partition coefficient (Wildman–Crippen LogP) is 2.03. The van der Waals surface area contributed by atoms with Crippen LogP contribution in [0.5, 0.6) is 0 Å². The van der Waals surface area contributed by atoms with Crippen LogP contribution in [0.2, 0.25) is 0 Å². The van der Waals surface area contributed by atoms with Crippen LogP contribution in [0.4, 0.5) is 4.79 Å². The number of imide groups is 1. The quantitative estimate of drug-likeness (QED) is 0.704. The number of aryl methyl sites for hydroxylation is 1. The van der Waals surface area contributed by atoms with Crippen LogP contribution in [-0.2, 0) is 25.5 Å². The highest BCUT2D eigenvalue weighted by Gasteiger charge is 2.29. The number of fused-ring (bicyclic) bond motifs is 1. The maximum absolute atomic E-state index is 12.2. The van der Waals surface area contributed by atoms with Gasteiger partial charge in [0.2, 0.25) is 5.91 Å². The van der Waals surface area contributed by atoms with E-state index in [1.54, 1.807) is 0 Å². The number of esters is 1. The van der Waals surface area contributed by atoms with Crippen LogP contribution < -0.4 is 5.32 Å². The van der Waals surface area contributed by atoms with Crippen LogP contribution >= 0.6 is 11.8 Å². The standard InChI is InChI=1S/C19H20N2O6S/c1-11-3-4-14-13(9-26-15(14)7-11)8-17(23)27-12(2)18(24)20-5-6-21-16(22)10-28-19(21)25/h3-4,7,9,12H,5-6,8,10H2,1-2H3,(H,20,24)/t12-/m1/s1. The van der Waals surface area contributed by atoms with Crippen LogP contribution in [0.25, 0.3) is 11.0 Å². The Balaban J connectivity index is 1.47. The van der Waals surface area contributed by atoms with E-state index in [0.717, 1.165) is 27.6 Å². The molecule has 8 nitrogen and oxygen atoms in total. The highest BCUT2D eigenvalue weighted by atomic mass is 32.2.